The quantitative estimate of drug-likeness (QED) is 0.0592. The third-order valence-electron chi connectivity index (χ3n) is 9.59. The van der Waals surface area contributed by atoms with E-state index in [0.717, 1.165) is 123 Å². The summed E-state index contributed by atoms with van der Waals surface area (Å²) in [6, 6.07) is 23.4. The molecule has 0 aliphatic heterocycles. The summed E-state index contributed by atoms with van der Waals surface area (Å²) >= 11 is 0. The number of aromatic nitrogens is 6. The smallest absolute Gasteiger partial charge is 0.146 e. The van der Waals surface area contributed by atoms with Gasteiger partial charge in [-0.25, -0.2) is 0 Å². The van der Waals surface area contributed by atoms with Gasteiger partial charge in [-0.05, 0) is 86.1 Å². The van der Waals surface area contributed by atoms with Crippen molar-refractivity contribution >= 4 is 22.1 Å². The van der Waals surface area contributed by atoms with Crippen LogP contribution in [0.25, 0.3) is 33.4 Å². The van der Waals surface area contributed by atoms with E-state index >= 15 is 0 Å². The molecule has 0 radical (unpaired) electrons. The van der Waals surface area contributed by atoms with Crippen LogP contribution in [0, 0.1) is 0 Å². The Bertz CT molecular complexity index is 1810. The minimum absolute atomic E-state index is 0.0836. The van der Waals surface area contributed by atoms with Crippen molar-refractivity contribution in [2.75, 3.05) is 13.2 Å². The van der Waals surface area contributed by atoms with Crippen LogP contribution in [-0.4, -0.2) is 63.6 Å². The van der Waals surface area contributed by atoms with Crippen molar-refractivity contribution in [2.24, 2.45) is 0 Å². The van der Waals surface area contributed by atoms with Crippen molar-refractivity contribution in [3.8, 4) is 22.9 Å². The Balaban J connectivity index is 1.32. The van der Waals surface area contributed by atoms with Crippen LogP contribution in [0.15, 0.2) is 72.8 Å². The van der Waals surface area contributed by atoms with Gasteiger partial charge in [0.25, 0.3) is 0 Å². The number of rotatable bonds is 20. The van der Waals surface area contributed by atoms with Crippen molar-refractivity contribution in [2.45, 2.75) is 96.3 Å². The van der Waals surface area contributed by atoms with Gasteiger partial charge in [-0.1, -0.05) is 87.8 Å². The highest BCUT2D eigenvalue weighted by molar-refractivity contribution is 5.74. The predicted molar refractivity (Wildman–Crippen MR) is 201 cm³/mol. The monoisotopic (exact) mass is 690 g/mol. The number of aliphatic hydroxyl groups excluding tert-OH is 2. The molecule has 0 bridgehead atoms. The van der Waals surface area contributed by atoms with Crippen LogP contribution >= 0.6 is 0 Å². The lowest BCUT2D eigenvalue weighted by Gasteiger charge is -2.16. The number of unbranched alkanes of at least 4 members (excludes halogenated alkanes) is 10. The summed E-state index contributed by atoms with van der Waals surface area (Å²) in [6.45, 7) is 0.494. The van der Waals surface area contributed by atoms with Gasteiger partial charge >= 0.3 is 0 Å². The van der Waals surface area contributed by atoms with E-state index in [4.69, 9.17) is 10.2 Å². The van der Waals surface area contributed by atoms with Gasteiger partial charge in [0.2, 0.25) is 0 Å². The Kier molecular flexibility index (Phi) is 12.7. The fraction of sp³-hybridized carbons (Fsp3) is 0.415. The summed E-state index contributed by atoms with van der Waals surface area (Å²) in [5.74, 6) is 0.167. The van der Waals surface area contributed by atoms with Crippen LogP contribution in [-0.2, 0) is 19.3 Å². The Hall–Kier alpha value is -4.80. The summed E-state index contributed by atoms with van der Waals surface area (Å²) in [4.78, 5) is 3.03. The zero-order valence-electron chi connectivity index (χ0n) is 29.4. The molecule has 0 aliphatic rings. The Morgan fingerprint density at radius 1 is 0.431 bits per heavy atom. The molecule has 268 valence electrons. The highest BCUT2D eigenvalue weighted by atomic mass is 16.3. The average molecular weight is 691 g/mol. The number of aromatic hydroxyl groups is 2. The third kappa shape index (κ3) is 9.31. The van der Waals surface area contributed by atoms with E-state index in [0.29, 0.717) is 28.9 Å². The van der Waals surface area contributed by atoms with Gasteiger partial charge in [0.1, 0.15) is 44.9 Å². The van der Waals surface area contributed by atoms with Gasteiger partial charge in [-0.2, -0.15) is 0 Å². The molecule has 0 saturated heterocycles. The first-order chi connectivity index (χ1) is 25.0. The normalized spacial score (nSPS) is 11.6. The van der Waals surface area contributed by atoms with E-state index in [9.17, 15) is 10.2 Å². The molecule has 0 amide bonds. The summed E-state index contributed by atoms with van der Waals surface area (Å²) in [5, 5.41) is 60.5. The lowest BCUT2D eigenvalue weighted by Crippen LogP contribution is -2.06. The van der Waals surface area contributed by atoms with Gasteiger partial charge in [-0.3, -0.25) is 0 Å². The first-order valence-corrected chi connectivity index (χ1v) is 18.6. The third-order valence-corrected chi connectivity index (χ3v) is 9.59. The van der Waals surface area contributed by atoms with E-state index < -0.39 is 0 Å². The second-order valence-electron chi connectivity index (χ2n) is 13.6. The molecule has 2 aromatic heterocycles. The predicted octanol–water partition coefficient (Wildman–Crippen LogP) is 7.91. The van der Waals surface area contributed by atoms with Gasteiger partial charge in [0.05, 0.1) is 0 Å². The van der Waals surface area contributed by atoms with E-state index in [1.54, 1.807) is 0 Å². The minimum atomic E-state index is 0.0836. The van der Waals surface area contributed by atoms with Crippen LogP contribution in [0.3, 0.4) is 0 Å². The summed E-state index contributed by atoms with van der Waals surface area (Å²) in [6.07, 6.45) is 14.4. The number of aliphatic hydroxyl groups is 2. The molecule has 10 nitrogen and oxygen atoms in total. The first kappa shape index (κ1) is 36.0. The molecule has 2 heterocycles. The van der Waals surface area contributed by atoms with Gasteiger partial charge in [-0.15, -0.1) is 30.0 Å². The van der Waals surface area contributed by atoms with Crippen molar-refractivity contribution in [3.05, 3.63) is 95.1 Å². The first-order valence-electron chi connectivity index (χ1n) is 18.6. The van der Waals surface area contributed by atoms with E-state index in [2.05, 4.69) is 20.4 Å². The SMILES string of the molecule is OCCCCCCCCc1cc(Cc2cc(CCCCCCCCO)cc(-n3nc4ccccc4n3)c2O)c(O)c(-n2nc3ccccc3n2)c1. The molecule has 0 saturated carbocycles. The van der Waals surface area contributed by atoms with E-state index in [-0.39, 0.29) is 24.7 Å². The largest absolute Gasteiger partial charge is 0.505 e. The lowest BCUT2D eigenvalue weighted by atomic mass is 9.95. The molecule has 4 N–H and O–H groups in total. The second-order valence-corrected chi connectivity index (χ2v) is 13.6. The molecule has 0 aliphatic carbocycles. The highest BCUT2D eigenvalue weighted by Crippen LogP contribution is 2.36. The van der Waals surface area contributed by atoms with Crippen LogP contribution in [0.1, 0.15) is 99.3 Å². The molecule has 6 aromatic rings. The van der Waals surface area contributed by atoms with Crippen LogP contribution in [0.4, 0.5) is 0 Å². The van der Waals surface area contributed by atoms with Crippen molar-refractivity contribution < 1.29 is 20.4 Å². The van der Waals surface area contributed by atoms with Crippen LogP contribution in [0.5, 0.6) is 11.5 Å². The summed E-state index contributed by atoms with van der Waals surface area (Å²) in [7, 11) is 0. The number of nitrogens with zero attached hydrogens (tertiary/aromatic N) is 6. The maximum absolute atomic E-state index is 11.8. The zero-order chi connectivity index (χ0) is 35.4. The molecule has 0 spiro atoms. The molecule has 6 rings (SSSR count). The van der Waals surface area contributed by atoms with Gasteiger partial charge in [0, 0.05) is 30.8 Å². The van der Waals surface area contributed by atoms with E-state index in [1.807, 2.05) is 72.8 Å². The van der Waals surface area contributed by atoms with Crippen LogP contribution < -0.4 is 0 Å². The summed E-state index contributed by atoms with van der Waals surface area (Å²) in [5.41, 5.74) is 7.53. The Morgan fingerprint density at radius 3 is 1.12 bits per heavy atom. The number of hydrogen-bond acceptors (Lipinski definition) is 8. The van der Waals surface area contributed by atoms with Crippen molar-refractivity contribution in [1.82, 2.24) is 30.0 Å². The second kappa shape index (κ2) is 17.9. The van der Waals surface area contributed by atoms with Crippen LogP contribution in [0.2, 0.25) is 0 Å². The molecule has 0 atom stereocenters. The van der Waals surface area contributed by atoms with E-state index in [1.165, 1.54) is 9.59 Å². The zero-order valence-corrected chi connectivity index (χ0v) is 29.4. The number of benzene rings is 4. The lowest BCUT2D eigenvalue weighted by molar-refractivity contribution is 0.282. The Labute approximate surface area is 299 Å². The molecular weight excluding hydrogens is 640 g/mol. The maximum Gasteiger partial charge on any atom is 0.146 e. The summed E-state index contributed by atoms with van der Waals surface area (Å²) < 4.78 is 0. The topological polar surface area (TPSA) is 142 Å². The number of hydrogen-bond donors (Lipinski definition) is 4. The molecule has 0 fully saturated rings. The molecule has 10 heteroatoms. The number of fused-ring (bicyclic) bond motifs is 2. The minimum Gasteiger partial charge on any atom is -0.505 e. The number of aryl methyl sites for hydroxylation is 2. The van der Waals surface area contributed by atoms with Gasteiger partial charge in [0.15, 0.2) is 0 Å². The van der Waals surface area contributed by atoms with Crippen molar-refractivity contribution in [3.63, 3.8) is 0 Å². The molecule has 0 unspecified atom stereocenters. The standard InChI is InChI=1S/C41H50N6O4/c48-23-15-7-3-1-5-9-17-30-25-32(40(50)38(27-30)46-42-34-19-11-12-20-35(34)43-46)29-33-26-31(18-10-6-2-4-8-16-24-49)28-39(41(33)51)47-44-36-21-13-14-22-37(36)45-47/h11-14,19-22,25-28,48-51H,1-10,15-18,23-24,29H2. The highest BCUT2D eigenvalue weighted by Gasteiger charge is 2.20. The van der Waals surface area contributed by atoms with Crippen molar-refractivity contribution in [1.29, 1.82) is 0 Å². The number of phenols is 2. The molecular formula is C41H50N6O4. The Morgan fingerprint density at radius 2 is 0.765 bits per heavy atom. The number of phenolic OH excluding ortho intramolecular Hbond substituents is 2. The fourth-order valence-electron chi connectivity index (χ4n) is 6.78. The molecule has 4 aromatic carbocycles. The molecule has 51 heavy (non-hydrogen) atoms. The van der Waals surface area contributed by atoms with Gasteiger partial charge < -0.3 is 20.4 Å². The fourth-order valence-corrected chi connectivity index (χ4v) is 6.78. The maximum atomic E-state index is 11.8. The average Bonchev–Trinajstić information content (AvgIpc) is 3.78.